The first-order chi connectivity index (χ1) is 13.7. The Bertz CT molecular complexity index is 770. The SMILES string of the molecule is CCNC(=NCC(C)Sc1ccccc1)NC1CCc2nc(COC)nn2C1.I. The predicted octanol–water partition coefficient (Wildman–Crippen LogP) is 3.09. The molecule has 2 unspecified atom stereocenters. The van der Waals surface area contributed by atoms with Gasteiger partial charge in [0, 0.05) is 36.3 Å². The molecular weight excluding hydrogens is 499 g/mol. The van der Waals surface area contributed by atoms with E-state index in [-0.39, 0.29) is 24.0 Å². The Balaban J connectivity index is 0.00000300. The minimum absolute atomic E-state index is 0. The van der Waals surface area contributed by atoms with Crippen LogP contribution in [-0.2, 0) is 24.3 Å². The van der Waals surface area contributed by atoms with Crippen LogP contribution in [0.4, 0.5) is 0 Å². The minimum atomic E-state index is 0. The summed E-state index contributed by atoms with van der Waals surface area (Å²) in [6.07, 6.45) is 1.93. The van der Waals surface area contributed by atoms with Crippen molar-refractivity contribution in [1.29, 1.82) is 0 Å². The number of nitrogens with one attached hydrogen (secondary N) is 2. The molecule has 2 N–H and O–H groups in total. The number of aryl methyl sites for hydroxylation is 1. The molecule has 9 heteroatoms. The number of halogens is 1. The smallest absolute Gasteiger partial charge is 0.191 e. The third kappa shape index (κ3) is 7.45. The Labute approximate surface area is 194 Å². The molecule has 3 rings (SSSR count). The Morgan fingerprint density at radius 2 is 2.17 bits per heavy atom. The largest absolute Gasteiger partial charge is 0.377 e. The summed E-state index contributed by atoms with van der Waals surface area (Å²) in [5.41, 5.74) is 0. The van der Waals surface area contributed by atoms with Gasteiger partial charge in [-0.05, 0) is 25.5 Å². The molecule has 0 amide bonds. The van der Waals surface area contributed by atoms with E-state index in [4.69, 9.17) is 9.73 Å². The van der Waals surface area contributed by atoms with E-state index in [1.807, 2.05) is 22.5 Å². The molecule has 1 aromatic carbocycles. The average Bonchev–Trinajstić information content (AvgIpc) is 3.09. The maximum Gasteiger partial charge on any atom is 0.191 e. The number of aromatic nitrogens is 3. The van der Waals surface area contributed by atoms with Crippen molar-refractivity contribution in [3.8, 4) is 0 Å². The van der Waals surface area contributed by atoms with Gasteiger partial charge < -0.3 is 15.4 Å². The van der Waals surface area contributed by atoms with Crippen molar-refractivity contribution in [2.75, 3.05) is 20.2 Å². The number of fused-ring (bicyclic) bond motifs is 1. The van der Waals surface area contributed by atoms with E-state index in [1.54, 1.807) is 7.11 Å². The molecule has 0 aliphatic carbocycles. The second-order valence-corrected chi connectivity index (χ2v) is 8.41. The summed E-state index contributed by atoms with van der Waals surface area (Å²) in [6.45, 7) is 7.15. The van der Waals surface area contributed by atoms with Crippen molar-refractivity contribution in [1.82, 2.24) is 25.4 Å². The van der Waals surface area contributed by atoms with Gasteiger partial charge in [-0.15, -0.1) is 35.7 Å². The van der Waals surface area contributed by atoms with Gasteiger partial charge in [-0.2, -0.15) is 5.10 Å². The molecule has 0 spiro atoms. The summed E-state index contributed by atoms with van der Waals surface area (Å²) in [5.74, 6) is 2.67. The molecule has 7 nitrogen and oxygen atoms in total. The molecule has 1 aliphatic heterocycles. The lowest BCUT2D eigenvalue weighted by atomic mass is 10.1. The molecule has 1 aromatic heterocycles. The Kier molecular flexibility index (Phi) is 10.2. The molecule has 0 fully saturated rings. The van der Waals surface area contributed by atoms with Gasteiger partial charge in [-0.25, -0.2) is 9.67 Å². The van der Waals surface area contributed by atoms with E-state index in [1.165, 1.54) is 4.90 Å². The van der Waals surface area contributed by atoms with E-state index in [0.29, 0.717) is 17.9 Å². The standard InChI is InChI=1S/C20H30N6OS.HI/c1-4-21-20(22-12-15(2)28-17-8-6-5-7-9-17)23-16-10-11-19-24-18(14-27-3)25-26(19)13-16;/h5-9,15-16H,4,10-14H2,1-3H3,(H2,21,22,23);1H. The van der Waals surface area contributed by atoms with Gasteiger partial charge in [0.15, 0.2) is 11.8 Å². The van der Waals surface area contributed by atoms with Crippen LogP contribution in [0.2, 0.25) is 0 Å². The van der Waals surface area contributed by atoms with Crippen molar-refractivity contribution < 1.29 is 4.74 Å². The van der Waals surface area contributed by atoms with Crippen molar-refractivity contribution in [3.63, 3.8) is 0 Å². The zero-order chi connectivity index (χ0) is 19.8. The van der Waals surface area contributed by atoms with Crippen LogP contribution in [0.15, 0.2) is 40.2 Å². The fourth-order valence-corrected chi connectivity index (χ4v) is 4.10. The highest BCUT2D eigenvalue weighted by Crippen LogP contribution is 2.22. The number of nitrogens with zero attached hydrogens (tertiary/aromatic N) is 4. The molecule has 0 bridgehead atoms. The third-order valence-electron chi connectivity index (χ3n) is 4.45. The minimum Gasteiger partial charge on any atom is -0.377 e. The average molecular weight is 530 g/mol. The van der Waals surface area contributed by atoms with Crippen LogP contribution in [0.5, 0.6) is 0 Å². The first-order valence-corrected chi connectivity index (χ1v) is 10.7. The lowest BCUT2D eigenvalue weighted by Crippen LogP contribution is -2.47. The monoisotopic (exact) mass is 530 g/mol. The maximum atomic E-state index is 5.14. The van der Waals surface area contributed by atoms with Crippen LogP contribution in [0.1, 0.15) is 31.9 Å². The van der Waals surface area contributed by atoms with Crippen LogP contribution in [0.3, 0.4) is 0 Å². The van der Waals surface area contributed by atoms with E-state index in [9.17, 15) is 0 Å². The van der Waals surface area contributed by atoms with E-state index in [0.717, 1.165) is 50.1 Å². The van der Waals surface area contributed by atoms with Crippen LogP contribution < -0.4 is 10.6 Å². The first-order valence-electron chi connectivity index (χ1n) is 9.86. The summed E-state index contributed by atoms with van der Waals surface area (Å²) in [6, 6.07) is 10.8. The molecule has 29 heavy (non-hydrogen) atoms. The third-order valence-corrected chi connectivity index (χ3v) is 5.54. The van der Waals surface area contributed by atoms with Gasteiger partial charge in [-0.3, -0.25) is 4.99 Å². The lowest BCUT2D eigenvalue weighted by Gasteiger charge is -2.25. The van der Waals surface area contributed by atoms with Gasteiger partial charge in [0.25, 0.3) is 0 Å². The number of ether oxygens (including phenoxy) is 1. The Morgan fingerprint density at radius 3 is 2.90 bits per heavy atom. The van der Waals surface area contributed by atoms with Crippen molar-refractivity contribution in [2.24, 2.45) is 4.99 Å². The number of hydrogen-bond donors (Lipinski definition) is 2. The van der Waals surface area contributed by atoms with Crippen LogP contribution in [0.25, 0.3) is 0 Å². The lowest BCUT2D eigenvalue weighted by molar-refractivity contribution is 0.177. The highest BCUT2D eigenvalue weighted by Gasteiger charge is 2.22. The molecule has 0 saturated heterocycles. The molecule has 2 atom stereocenters. The number of thioether (sulfide) groups is 1. The van der Waals surface area contributed by atoms with E-state index in [2.05, 4.69) is 58.8 Å². The second kappa shape index (κ2) is 12.4. The van der Waals surface area contributed by atoms with Crippen molar-refractivity contribution in [3.05, 3.63) is 42.0 Å². The quantitative estimate of drug-likeness (QED) is 0.237. The number of rotatable bonds is 8. The van der Waals surface area contributed by atoms with Crippen molar-refractivity contribution in [2.45, 2.75) is 56.0 Å². The number of guanidine groups is 1. The van der Waals surface area contributed by atoms with Crippen molar-refractivity contribution >= 4 is 41.7 Å². The van der Waals surface area contributed by atoms with E-state index >= 15 is 0 Å². The molecule has 0 saturated carbocycles. The number of aliphatic imine (C=N–C) groups is 1. The fraction of sp³-hybridized carbons (Fsp3) is 0.550. The van der Waals surface area contributed by atoms with Gasteiger partial charge in [0.05, 0.1) is 13.1 Å². The van der Waals surface area contributed by atoms with Crippen LogP contribution in [-0.4, -0.2) is 52.2 Å². The summed E-state index contributed by atoms with van der Waals surface area (Å²) in [5, 5.41) is 11.9. The highest BCUT2D eigenvalue weighted by molar-refractivity contribution is 14.0. The maximum absolute atomic E-state index is 5.14. The molecule has 160 valence electrons. The zero-order valence-electron chi connectivity index (χ0n) is 17.3. The van der Waals surface area contributed by atoms with Gasteiger partial charge in [0.2, 0.25) is 0 Å². The van der Waals surface area contributed by atoms with Gasteiger partial charge in [-0.1, -0.05) is 25.1 Å². The second-order valence-electron chi connectivity index (χ2n) is 6.90. The first kappa shape index (κ1) is 23.9. The highest BCUT2D eigenvalue weighted by atomic mass is 127. The van der Waals surface area contributed by atoms with Gasteiger partial charge >= 0.3 is 0 Å². The molecule has 2 aromatic rings. The van der Waals surface area contributed by atoms with E-state index < -0.39 is 0 Å². The number of hydrogen-bond acceptors (Lipinski definition) is 5. The normalized spacial score (nSPS) is 17.2. The van der Waals surface area contributed by atoms with Crippen LogP contribution >= 0.6 is 35.7 Å². The molecule has 0 radical (unpaired) electrons. The predicted molar refractivity (Wildman–Crippen MR) is 129 cm³/mol. The summed E-state index contributed by atoms with van der Waals surface area (Å²) < 4.78 is 7.13. The van der Waals surface area contributed by atoms with Gasteiger partial charge in [0.1, 0.15) is 12.4 Å². The molecular formula is C20H31IN6OS. The Morgan fingerprint density at radius 1 is 1.38 bits per heavy atom. The number of methoxy groups -OCH3 is 1. The fourth-order valence-electron chi connectivity index (χ4n) is 3.17. The Hall–Kier alpha value is -1.33. The molecule has 2 heterocycles. The molecule has 1 aliphatic rings. The van der Waals surface area contributed by atoms with Crippen LogP contribution in [0, 0.1) is 0 Å². The topological polar surface area (TPSA) is 76.4 Å². The summed E-state index contributed by atoms with van der Waals surface area (Å²) >= 11 is 1.85. The summed E-state index contributed by atoms with van der Waals surface area (Å²) in [4.78, 5) is 10.6. The zero-order valence-corrected chi connectivity index (χ0v) is 20.4. The summed E-state index contributed by atoms with van der Waals surface area (Å²) in [7, 11) is 1.67. The number of benzene rings is 1.